The summed E-state index contributed by atoms with van der Waals surface area (Å²) < 4.78 is 5.12. The van der Waals surface area contributed by atoms with Crippen molar-refractivity contribution in [1.29, 1.82) is 5.26 Å². The molecule has 0 aliphatic heterocycles. The van der Waals surface area contributed by atoms with Gasteiger partial charge in [0.2, 0.25) is 5.82 Å². The molecule has 0 unspecified atom stereocenters. The summed E-state index contributed by atoms with van der Waals surface area (Å²) in [5.41, 5.74) is 1.84. The van der Waals surface area contributed by atoms with Crippen LogP contribution in [0.15, 0.2) is 35.0 Å². The standard InChI is InChI=1S/C11H6N6O/c12-5-7-1-3-8(4-2-7)11-14-10(16-18-11)9-6-13-17-15-9/h1-4,6H,(H,13,15,17). The smallest absolute Gasteiger partial charge is 0.258 e. The van der Waals surface area contributed by atoms with Crippen LogP contribution in [-0.2, 0) is 0 Å². The molecule has 0 aliphatic carbocycles. The lowest BCUT2D eigenvalue weighted by atomic mass is 10.1. The number of hydrogen-bond acceptors (Lipinski definition) is 6. The van der Waals surface area contributed by atoms with Crippen LogP contribution in [0.4, 0.5) is 0 Å². The minimum Gasteiger partial charge on any atom is -0.334 e. The van der Waals surface area contributed by atoms with Crippen LogP contribution in [0, 0.1) is 11.3 Å². The summed E-state index contributed by atoms with van der Waals surface area (Å²) in [5, 5.41) is 22.5. The van der Waals surface area contributed by atoms with Gasteiger partial charge in [0.25, 0.3) is 5.89 Å². The van der Waals surface area contributed by atoms with E-state index in [4.69, 9.17) is 9.78 Å². The van der Waals surface area contributed by atoms with Gasteiger partial charge in [0.1, 0.15) is 0 Å². The predicted molar refractivity (Wildman–Crippen MR) is 59.8 cm³/mol. The first kappa shape index (κ1) is 10.2. The molecule has 1 aromatic carbocycles. The zero-order valence-corrected chi connectivity index (χ0v) is 9.03. The van der Waals surface area contributed by atoms with Crippen molar-refractivity contribution in [1.82, 2.24) is 25.6 Å². The summed E-state index contributed by atoms with van der Waals surface area (Å²) in [6.07, 6.45) is 1.51. The molecule has 0 atom stereocenters. The Labute approximate surface area is 101 Å². The molecule has 0 radical (unpaired) electrons. The molecule has 0 bridgehead atoms. The molecule has 0 saturated heterocycles. The first-order valence-corrected chi connectivity index (χ1v) is 5.07. The summed E-state index contributed by atoms with van der Waals surface area (Å²) in [7, 11) is 0. The molecule has 2 aromatic heterocycles. The molecular formula is C11H6N6O. The fraction of sp³-hybridized carbons (Fsp3) is 0. The Bertz CT molecular complexity index is 692. The molecule has 0 amide bonds. The molecule has 0 fully saturated rings. The third kappa shape index (κ3) is 1.72. The van der Waals surface area contributed by atoms with Crippen molar-refractivity contribution >= 4 is 0 Å². The van der Waals surface area contributed by atoms with E-state index in [0.717, 1.165) is 5.56 Å². The van der Waals surface area contributed by atoms with Gasteiger partial charge >= 0.3 is 0 Å². The van der Waals surface area contributed by atoms with E-state index < -0.39 is 0 Å². The SMILES string of the molecule is N#Cc1ccc(-c2nc(-c3cn[nH]n3)no2)cc1. The number of aromatic nitrogens is 5. The van der Waals surface area contributed by atoms with Gasteiger partial charge in [0.15, 0.2) is 5.69 Å². The fourth-order valence-electron chi connectivity index (χ4n) is 1.44. The van der Waals surface area contributed by atoms with E-state index in [2.05, 4.69) is 25.6 Å². The maximum atomic E-state index is 8.71. The number of nitriles is 1. The Morgan fingerprint density at radius 1 is 1.22 bits per heavy atom. The molecule has 3 rings (SSSR count). The van der Waals surface area contributed by atoms with Crippen LogP contribution < -0.4 is 0 Å². The van der Waals surface area contributed by atoms with Crippen LogP contribution in [0.1, 0.15) is 5.56 Å². The minimum atomic E-state index is 0.364. The van der Waals surface area contributed by atoms with E-state index in [-0.39, 0.29) is 0 Å². The number of benzene rings is 1. The second-order valence-electron chi connectivity index (χ2n) is 3.47. The molecule has 2 heterocycles. The average molecular weight is 238 g/mol. The van der Waals surface area contributed by atoms with E-state index in [1.165, 1.54) is 6.20 Å². The summed E-state index contributed by atoms with van der Waals surface area (Å²) in [5.74, 6) is 0.737. The molecular weight excluding hydrogens is 232 g/mol. The van der Waals surface area contributed by atoms with Gasteiger partial charge in [-0.1, -0.05) is 5.16 Å². The summed E-state index contributed by atoms with van der Waals surface area (Å²) >= 11 is 0. The van der Waals surface area contributed by atoms with Crippen molar-refractivity contribution in [2.75, 3.05) is 0 Å². The topological polar surface area (TPSA) is 104 Å². The lowest BCUT2D eigenvalue weighted by molar-refractivity contribution is 0.432. The van der Waals surface area contributed by atoms with Crippen molar-refractivity contribution in [3.63, 3.8) is 0 Å². The Hall–Kier alpha value is -3.01. The predicted octanol–water partition coefficient (Wildman–Crippen LogP) is 1.39. The third-order valence-electron chi connectivity index (χ3n) is 2.33. The van der Waals surface area contributed by atoms with Crippen molar-refractivity contribution in [3.05, 3.63) is 36.0 Å². The van der Waals surface area contributed by atoms with Gasteiger partial charge < -0.3 is 4.52 Å². The number of nitrogens with one attached hydrogen (secondary N) is 1. The van der Waals surface area contributed by atoms with Crippen molar-refractivity contribution < 1.29 is 4.52 Å². The van der Waals surface area contributed by atoms with Gasteiger partial charge in [-0.25, -0.2) is 0 Å². The van der Waals surface area contributed by atoms with Gasteiger partial charge in [0.05, 0.1) is 17.8 Å². The van der Waals surface area contributed by atoms with Gasteiger partial charge in [0, 0.05) is 5.56 Å². The normalized spacial score (nSPS) is 10.2. The highest BCUT2D eigenvalue weighted by molar-refractivity contribution is 5.57. The van der Waals surface area contributed by atoms with Gasteiger partial charge in [-0.3, -0.25) is 0 Å². The van der Waals surface area contributed by atoms with Crippen LogP contribution >= 0.6 is 0 Å². The van der Waals surface area contributed by atoms with Crippen molar-refractivity contribution in [2.45, 2.75) is 0 Å². The average Bonchev–Trinajstić information content (AvgIpc) is 3.09. The maximum absolute atomic E-state index is 8.71. The molecule has 3 aromatic rings. The zero-order chi connectivity index (χ0) is 12.4. The van der Waals surface area contributed by atoms with E-state index in [9.17, 15) is 0 Å². The number of aromatic amines is 1. The molecule has 86 valence electrons. The van der Waals surface area contributed by atoms with Crippen molar-refractivity contribution in [3.8, 4) is 29.0 Å². The fourth-order valence-corrected chi connectivity index (χ4v) is 1.44. The molecule has 0 saturated carbocycles. The van der Waals surface area contributed by atoms with Crippen molar-refractivity contribution in [2.24, 2.45) is 0 Å². The summed E-state index contributed by atoms with van der Waals surface area (Å²) in [6, 6.07) is 8.92. The number of H-pyrrole nitrogens is 1. The Balaban J connectivity index is 1.95. The molecule has 7 heteroatoms. The minimum absolute atomic E-state index is 0.364. The summed E-state index contributed by atoms with van der Waals surface area (Å²) in [4.78, 5) is 4.20. The van der Waals surface area contributed by atoms with E-state index in [1.807, 2.05) is 6.07 Å². The Morgan fingerprint density at radius 2 is 2.06 bits per heavy atom. The molecule has 1 N–H and O–H groups in total. The quantitative estimate of drug-likeness (QED) is 0.723. The van der Waals surface area contributed by atoms with Gasteiger partial charge in [-0.05, 0) is 24.3 Å². The van der Waals surface area contributed by atoms with Gasteiger partial charge in [-0.2, -0.15) is 25.7 Å². The van der Waals surface area contributed by atoms with E-state index >= 15 is 0 Å². The number of hydrogen-bond donors (Lipinski definition) is 1. The van der Waals surface area contributed by atoms with Gasteiger partial charge in [-0.15, -0.1) is 0 Å². The van der Waals surface area contributed by atoms with Crippen LogP contribution in [0.2, 0.25) is 0 Å². The number of rotatable bonds is 2. The molecule has 0 spiro atoms. The number of nitrogens with zero attached hydrogens (tertiary/aromatic N) is 5. The van der Waals surface area contributed by atoms with Crippen LogP contribution in [-0.4, -0.2) is 25.6 Å². The van der Waals surface area contributed by atoms with Crippen LogP contribution in [0.5, 0.6) is 0 Å². The Kier molecular flexibility index (Phi) is 2.32. The van der Waals surface area contributed by atoms with E-state index in [0.29, 0.717) is 23.0 Å². The molecule has 7 nitrogen and oxygen atoms in total. The highest BCUT2D eigenvalue weighted by Crippen LogP contribution is 2.20. The largest absolute Gasteiger partial charge is 0.334 e. The highest BCUT2D eigenvalue weighted by atomic mass is 16.5. The second kappa shape index (κ2) is 4.10. The maximum Gasteiger partial charge on any atom is 0.258 e. The first-order valence-electron chi connectivity index (χ1n) is 5.07. The van der Waals surface area contributed by atoms with Crippen LogP contribution in [0.3, 0.4) is 0 Å². The second-order valence-corrected chi connectivity index (χ2v) is 3.47. The monoisotopic (exact) mass is 238 g/mol. The highest BCUT2D eigenvalue weighted by Gasteiger charge is 2.12. The first-order chi connectivity index (χ1) is 8.86. The molecule has 18 heavy (non-hydrogen) atoms. The van der Waals surface area contributed by atoms with E-state index in [1.54, 1.807) is 24.3 Å². The lowest BCUT2D eigenvalue weighted by Crippen LogP contribution is -1.82. The zero-order valence-electron chi connectivity index (χ0n) is 9.03. The van der Waals surface area contributed by atoms with Crippen LogP contribution in [0.25, 0.3) is 23.0 Å². The lowest BCUT2D eigenvalue weighted by Gasteiger charge is -1.92. The summed E-state index contributed by atoms with van der Waals surface area (Å²) in [6.45, 7) is 0. The molecule has 0 aliphatic rings. The third-order valence-corrected chi connectivity index (χ3v) is 2.33. The Morgan fingerprint density at radius 3 is 2.72 bits per heavy atom.